The highest BCUT2D eigenvalue weighted by atomic mass is 16.6. The molecule has 0 aliphatic heterocycles. The first kappa shape index (κ1) is 19.8. The zero-order valence-electron chi connectivity index (χ0n) is 15.4. The third-order valence-corrected chi connectivity index (χ3v) is 3.78. The molecule has 0 bridgehead atoms. The van der Waals surface area contributed by atoms with Crippen molar-refractivity contribution < 1.29 is 28.3 Å². The van der Waals surface area contributed by atoms with Crippen molar-refractivity contribution in [2.45, 2.75) is 13.0 Å². The van der Waals surface area contributed by atoms with Crippen LogP contribution in [0.5, 0.6) is 11.5 Å². The fourth-order valence-corrected chi connectivity index (χ4v) is 2.35. The van der Waals surface area contributed by atoms with Crippen molar-refractivity contribution in [1.29, 1.82) is 0 Å². The molecular weight excluding hydrogens is 382 g/mol. The van der Waals surface area contributed by atoms with Crippen LogP contribution in [-0.2, 0) is 16.1 Å². The van der Waals surface area contributed by atoms with E-state index in [4.69, 9.17) is 18.6 Å². The molecule has 3 rings (SSSR count). The van der Waals surface area contributed by atoms with Crippen molar-refractivity contribution in [2.75, 3.05) is 13.7 Å². The molecule has 3 aromatic rings. The molecule has 0 fully saturated rings. The van der Waals surface area contributed by atoms with E-state index in [0.717, 1.165) is 0 Å². The molecule has 0 aliphatic rings. The Balaban J connectivity index is 1.46. The highest BCUT2D eigenvalue weighted by molar-refractivity contribution is 5.69. The van der Waals surface area contributed by atoms with E-state index in [1.807, 2.05) is 6.07 Å². The number of nitrogens with zero attached hydrogens (tertiary/aromatic N) is 3. The van der Waals surface area contributed by atoms with E-state index in [-0.39, 0.29) is 37.1 Å². The topological polar surface area (TPSA) is 127 Å². The van der Waals surface area contributed by atoms with Crippen LogP contribution < -0.4 is 9.47 Å². The molecule has 2 aromatic carbocycles. The van der Waals surface area contributed by atoms with Crippen molar-refractivity contribution >= 4 is 11.7 Å². The number of esters is 1. The lowest BCUT2D eigenvalue weighted by Crippen LogP contribution is -2.10. The van der Waals surface area contributed by atoms with Gasteiger partial charge in [0.1, 0.15) is 0 Å². The molecule has 0 amide bonds. The van der Waals surface area contributed by atoms with E-state index in [0.29, 0.717) is 17.1 Å². The van der Waals surface area contributed by atoms with Gasteiger partial charge in [0, 0.05) is 17.7 Å². The maximum absolute atomic E-state index is 11.9. The fraction of sp³-hybridized carbons (Fsp3) is 0.211. The first-order valence-corrected chi connectivity index (χ1v) is 8.55. The summed E-state index contributed by atoms with van der Waals surface area (Å²) >= 11 is 0. The third kappa shape index (κ3) is 5.28. The molecule has 0 saturated carbocycles. The average molecular weight is 399 g/mol. The highest BCUT2D eigenvalue weighted by Gasteiger charge is 2.13. The van der Waals surface area contributed by atoms with Crippen LogP contribution in [0, 0.1) is 10.1 Å². The average Bonchev–Trinajstić information content (AvgIpc) is 3.22. The number of para-hydroxylation sites is 2. The van der Waals surface area contributed by atoms with Crippen LogP contribution in [0.25, 0.3) is 11.5 Å². The predicted molar refractivity (Wildman–Crippen MR) is 99.3 cm³/mol. The number of carbonyl (C=O) groups excluding carboxylic acids is 1. The van der Waals surface area contributed by atoms with Crippen LogP contribution in [0.4, 0.5) is 5.69 Å². The van der Waals surface area contributed by atoms with Gasteiger partial charge in [-0.3, -0.25) is 14.9 Å². The number of benzene rings is 2. The maximum Gasteiger partial charge on any atom is 0.309 e. The molecule has 1 heterocycles. The minimum Gasteiger partial charge on any atom is -0.493 e. The van der Waals surface area contributed by atoms with E-state index in [1.165, 1.54) is 31.4 Å². The summed E-state index contributed by atoms with van der Waals surface area (Å²) in [6, 6.07) is 12.8. The van der Waals surface area contributed by atoms with E-state index in [9.17, 15) is 14.9 Å². The number of rotatable bonds is 9. The van der Waals surface area contributed by atoms with Crippen molar-refractivity contribution in [3.05, 3.63) is 64.5 Å². The molecule has 0 spiro atoms. The summed E-state index contributed by atoms with van der Waals surface area (Å²) < 4.78 is 21.2. The molecular formula is C19H17N3O7. The first-order chi connectivity index (χ1) is 14.1. The van der Waals surface area contributed by atoms with Gasteiger partial charge in [-0.25, -0.2) is 0 Å². The van der Waals surface area contributed by atoms with E-state index >= 15 is 0 Å². The summed E-state index contributed by atoms with van der Waals surface area (Å²) in [5, 5.41) is 18.3. The van der Waals surface area contributed by atoms with Gasteiger partial charge < -0.3 is 18.6 Å². The SMILES string of the molecule is COc1ccccc1OCCC(=O)OCc1nnc(-c2ccc([N+](=O)[O-])cc2)o1. The summed E-state index contributed by atoms with van der Waals surface area (Å²) in [5.74, 6) is 0.899. The lowest BCUT2D eigenvalue weighted by Gasteiger charge is -2.09. The van der Waals surface area contributed by atoms with Gasteiger partial charge >= 0.3 is 5.97 Å². The number of non-ortho nitro benzene ring substituents is 1. The summed E-state index contributed by atoms with van der Waals surface area (Å²) in [4.78, 5) is 22.0. The minimum absolute atomic E-state index is 0.0292. The molecule has 0 atom stereocenters. The van der Waals surface area contributed by atoms with Crippen LogP contribution in [0.15, 0.2) is 52.9 Å². The van der Waals surface area contributed by atoms with E-state index in [2.05, 4.69) is 10.2 Å². The standard InChI is InChI=1S/C19H17N3O7/c1-26-15-4-2-3-5-16(15)27-11-10-18(23)28-12-17-20-21-19(29-17)13-6-8-14(9-7-13)22(24)25/h2-9H,10-12H2,1H3. The number of ether oxygens (including phenoxy) is 3. The Morgan fingerprint density at radius 2 is 1.83 bits per heavy atom. The molecule has 0 saturated heterocycles. The van der Waals surface area contributed by atoms with Gasteiger partial charge in [0.15, 0.2) is 18.1 Å². The van der Waals surface area contributed by atoms with Crippen molar-refractivity contribution in [3.63, 3.8) is 0 Å². The molecule has 10 nitrogen and oxygen atoms in total. The maximum atomic E-state index is 11.9. The Bertz CT molecular complexity index is 985. The predicted octanol–water partition coefficient (Wildman–Crippen LogP) is 3.17. The van der Waals surface area contributed by atoms with Crippen LogP contribution in [0.1, 0.15) is 12.3 Å². The van der Waals surface area contributed by atoms with Crippen molar-refractivity contribution in [1.82, 2.24) is 10.2 Å². The molecule has 1 aromatic heterocycles. The van der Waals surface area contributed by atoms with Crippen LogP contribution in [0.2, 0.25) is 0 Å². The zero-order chi connectivity index (χ0) is 20.6. The molecule has 0 radical (unpaired) electrons. The van der Waals surface area contributed by atoms with E-state index in [1.54, 1.807) is 18.2 Å². The number of nitro groups is 1. The van der Waals surface area contributed by atoms with Gasteiger partial charge in [-0.1, -0.05) is 12.1 Å². The normalized spacial score (nSPS) is 10.4. The second-order valence-electron chi connectivity index (χ2n) is 5.71. The number of methoxy groups -OCH3 is 1. The van der Waals surface area contributed by atoms with Crippen LogP contribution >= 0.6 is 0 Å². The Morgan fingerprint density at radius 3 is 2.52 bits per heavy atom. The monoisotopic (exact) mass is 399 g/mol. The Kier molecular flexibility index (Phi) is 6.36. The summed E-state index contributed by atoms with van der Waals surface area (Å²) in [6.07, 6.45) is 0.0292. The van der Waals surface area contributed by atoms with Gasteiger partial charge in [0.05, 0.1) is 25.1 Å². The zero-order valence-corrected chi connectivity index (χ0v) is 15.4. The van der Waals surface area contributed by atoms with Crippen molar-refractivity contribution in [2.24, 2.45) is 0 Å². The second kappa shape index (κ2) is 9.31. The molecule has 150 valence electrons. The summed E-state index contributed by atoms with van der Waals surface area (Å²) in [7, 11) is 1.53. The molecule has 29 heavy (non-hydrogen) atoms. The molecule has 0 aliphatic carbocycles. The number of nitro benzene ring substituents is 1. The molecule has 0 N–H and O–H groups in total. The number of aromatic nitrogens is 2. The summed E-state index contributed by atoms with van der Waals surface area (Å²) in [6.45, 7) is -0.0649. The minimum atomic E-state index is -0.500. The Morgan fingerprint density at radius 1 is 1.10 bits per heavy atom. The lowest BCUT2D eigenvalue weighted by atomic mass is 10.2. The van der Waals surface area contributed by atoms with Gasteiger partial charge in [0.2, 0.25) is 5.89 Å². The Hall–Kier alpha value is -3.95. The lowest BCUT2D eigenvalue weighted by molar-refractivity contribution is -0.384. The van der Waals surface area contributed by atoms with E-state index < -0.39 is 10.9 Å². The number of hydrogen-bond acceptors (Lipinski definition) is 9. The fourth-order valence-electron chi connectivity index (χ4n) is 2.35. The molecule has 10 heteroatoms. The van der Waals surface area contributed by atoms with Gasteiger partial charge in [-0.05, 0) is 24.3 Å². The van der Waals surface area contributed by atoms with Gasteiger partial charge in [-0.15, -0.1) is 10.2 Å². The third-order valence-electron chi connectivity index (χ3n) is 3.78. The quantitative estimate of drug-likeness (QED) is 0.303. The van der Waals surface area contributed by atoms with Crippen molar-refractivity contribution in [3.8, 4) is 23.0 Å². The smallest absolute Gasteiger partial charge is 0.309 e. The number of hydrogen-bond donors (Lipinski definition) is 0. The summed E-state index contributed by atoms with van der Waals surface area (Å²) in [5.41, 5.74) is 0.476. The Labute approximate surface area is 165 Å². The largest absolute Gasteiger partial charge is 0.493 e. The number of carbonyl (C=O) groups is 1. The van der Waals surface area contributed by atoms with Crippen LogP contribution in [0.3, 0.4) is 0 Å². The van der Waals surface area contributed by atoms with Gasteiger partial charge in [-0.2, -0.15) is 0 Å². The highest BCUT2D eigenvalue weighted by Crippen LogP contribution is 2.26. The van der Waals surface area contributed by atoms with Gasteiger partial charge in [0.25, 0.3) is 11.6 Å². The van der Waals surface area contributed by atoms with Crippen LogP contribution in [-0.4, -0.2) is 34.8 Å². The molecule has 0 unspecified atom stereocenters. The second-order valence-corrected chi connectivity index (χ2v) is 5.71. The first-order valence-electron chi connectivity index (χ1n) is 8.55.